The molecule has 1 aliphatic rings. The molecule has 7 heteroatoms. The van der Waals surface area contributed by atoms with E-state index in [0.717, 1.165) is 5.56 Å². The number of aliphatic carboxylic acids is 1. The Hall–Kier alpha value is -1.24. The summed E-state index contributed by atoms with van der Waals surface area (Å²) in [6, 6.07) is 1.33. The number of carboxylic acids is 1. The Morgan fingerprint density at radius 3 is 2.63 bits per heavy atom. The molecule has 0 radical (unpaired) electrons. The van der Waals surface area contributed by atoms with Gasteiger partial charge in [-0.3, -0.25) is 4.79 Å². The van der Waals surface area contributed by atoms with Crippen LogP contribution in [0.15, 0.2) is 16.6 Å². The molecule has 0 bridgehead atoms. The SMILES string of the molecule is Cc1cc(Br)c2c(c1)CC(C(=O)O)C(C(F)(F)F)N2. The second-order valence-corrected chi connectivity index (χ2v) is 5.45. The van der Waals surface area contributed by atoms with E-state index in [2.05, 4.69) is 21.2 Å². The molecule has 2 unspecified atom stereocenters. The summed E-state index contributed by atoms with van der Waals surface area (Å²) in [5, 5.41) is 11.3. The fourth-order valence-electron chi connectivity index (χ4n) is 2.29. The van der Waals surface area contributed by atoms with Crippen LogP contribution in [0.1, 0.15) is 11.1 Å². The van der Waals surface area contributed by atoms with E-state index in [1.165, 1.54) is 0 Å². The number of aryl methyl sites for hydroxylation is 1. The van der Waals surface area contributed by atoms with Gasteiger partial charge in [-0.1, -0.05) is 6.07 Å². The molecule has 0 saturated heterocycles. The fraction of sp³-hybridized carbons (Fsp3) is 0.417. The molecule has 2 atom stereocenters. The molecule has 0 spiro atoms. The lowest BCUT2D eigenvalue weighted by molar-refractivity contribution is -0.169. The normalized spacial score (nSPS) is 22.6. The van der Waals surface area contributed by atoms with Gasteiger partial charge >= 0.3 is 12.1 Å². The zero-order chi connectivity index (χ0) is 14.4. The second-order valence-electron chi connectivity index (χ2n) is 4.59. The van der Waals surface area contributed by atoms with Crippen molar-refractivity contribution in [1.29, 1.82) is 0 Å². The van der Waals surface area contributed by atoms with Gasteiger partial charge in [-0.15, -0.1) is 0 Å². The smallest absolute Gasteiger partial charge is 0.409 e. The minimum atomic E-state index is -4.61. The van der Waals surface area contributed by atoms with Gasteiger partial charge in [-0.2, -0.15) is 13.2 Å². The summed E-state index contributed by atoms with van der Waals surface area (Å²) < 4.78 is 39.3. The van der Waals surface area contributed by atoms with Gasteiger partial charge in [-0.05, 0) is 46.5 Å². The minimum Gasteiger partial charge on any atom is -0.481 e. The van der Waals surface area contributed by atoms with E-state index < -0.39 is 24.1 Å². The van der Waals surface area contributed by atoms with Gasteiger partial charge in [0.15, 0.2) is 0 Å². The minimum absolute atomic E-state index is 0.137. The number of nitrogens with one attached hydrogen (secondary N) is 1. The monoisotopic (exact) mass is 337 g/mol. The first-order valence-corrected chi connectivity index (χ1v) is 6.34. The molecular weight excluding hydrogens is 327 g/mol. The first kappa shape index (κ1) is 14.2. The number of carbonyl (C=O) groups is 1. The van der Waals surface area contributed by atoms with Crippen LogP contribution in [0.5, 0.6) is 0 Å². The van der Waals surface area contributed by atoms with Crippen molar-refractivity contribution < 1.29 is 23.1 Å². The van der Waals surface area contributed by atoms with Crippen molar-refractivity contribution in [3.05, 3.63) is 27.7 Å². The maximum atomic E-state index is 12.9. The van der Waals surface area contributed by atoms with E-state index in [0.29, 0.717) is 15.7 Å². The second kappa shape index (κ2) is 4.70. The van der Waals surface area contributed by atoms with Crippen LogP contribution < -0.4 is 5.32 Å². The van der Waals surface area contributed by atoms with Crippen molar-refractivity contribution in [3.8, 4) is 0 Å². The van der Waals surface area contributed by atoms with Crippen molar-refractivity contribution in [2.75, 3.05) is 5.32 Å². The Morgan fingerprint density at radius 2 is 2.11 bits per heavy atom. The average molecular weight is 338 g/mol. The Kier molecular flexibility index (Phi) is 3.51. The van der Waals surface area contributed by atoms with Gasteiger partial charge in [0.25, 0.3) is 0 Å². The Balaban J connectivity index is 2.48. The average Bonchev–Trinajstić information content (AvgIpc) is 2.25. The first-order valence-electron chi connectivity index (χ1n) is 5.55. The van der Waals surface area contributed by atoms with Crippen LogP contribution in [-0.2, 0) is 11.2 Å². The summed E-state index contributed by atoms with van der Waals surface area (Å²) in [4.78, 5) is 11.0. The molecule has 2 rings (SSSR count). The van der Waals surface area contributed by atoms with Crippen LogP contribution >= 0.6 is 15.9 Å². The van der Waals surface area contributed by atoms with Crippen LogP contribution in [-0.4, -0.2) is 23.3 Å². The van der Waals surface area contributed by atoms with Gasteiger partial charge in [0, 0.05) is 4.47 Å². The van der Waals surface area contributed by atoms with Crippen LogP contribution in [0.25, 0.3) is 0 Å². The molecule has 0 aliphatic carbocycles. The zero-order valence-electron chi connectivity index (χ0n) is 9.88. The molecule has 0 fully saturated rings. The predicted octanol–water partition coefficient (Wildman–Crippen LogP) is 3.36. The van der Waals surface area contributed by atoms with Gasteiger partial charge in [-0.25, -0.2) is 0 Å². The Morgan fingerprint density at radius 1 is 1.47 bits per heavy atom. The number of benzene rings is 1. The maximum Gasteiger partial charge on any atom is 0.409 e. The summed E-state index contributed by atoms with van der Waals surface area (Å²) in [6.07, 6.45) is -4.74. The van der Waals surface area contributed by atoms with E-state index in [1.54, 1.807) is 19.1 Å². The van der Waals surface area contributed by atoms with E-state index in [9.17, 15) is 18.0 Å². The Labute approximate surface area is 115 Å². The zero-order valence-corrected chi connectivity index (χ0v) is 11.5. The number of halogens is 4. The highest BCUT2D eigenvalue weighted by molar-refractivity contribution is 9.10. The molecule has 104 valence electrons. The Bertz CT molecular complexity index is 530. The summed E-state index contributed by atoms with van der Waals surface area (Å²) in [5.74, 6) is -2.96. The summed E-state index contributed by atoms with van der Waals surface area (Å²) in [6.45, 7) is 1.80. The standard InChI is InChI=1S/C12H11BrF3NO2/c1-5-2-6-4-7(11(18)19)10(12(14,15)16)17-9(6)8(13)3-5/h2-3,7,10,17H,4H2,1H3,(H,18,19). The number of anilines is 1. The van der Waals surface area contributed by atoms with Crippen LogP contribution in [0.4, 0.5) is 18.9 Å². The highest BCUT2D eigenvalue weighted by atomic mass is 79.9. The van der Waals surface area contributed by atoms with Crippen molar-refractivity contribution >= 4 is 27.6 Å². The summed E-state index contributed by atoms with van der Waals surface area (Å²) in [5.41, 5.74) is 1.77. The maximum absolute atomic E-state index is 12.9. The molecule has 1 heterocycles. The molecule has 1 aliphatic heterocycles. The van der Waals surface area contributed by atoms with Gasteiger partial charge in [0.05, 0.1) is 11.6 Å². The topological polar surface area (TPSA) is 49.3 Å². The third-order valence-electron chi connectivity index (χ3n) is 3.13. The van der Waals surface area contributed by atoms with Crippen LogP contribution in [0.3, 0.4) is 0 Å². The van der Waals surface area contributed by atoms with E-state index in [4.69, 9.17) is 5.11 Å². The molecule has 0 amide bonds. The van der Waals surface area contributed by atoms with E-state index >= 15 is 0 Å². The molecule has 3 nitrogen and oxygen atoms in total. The molecular formula is C12H11BrF3NO2. The van der Waals surface area contributed by atoms with E-state index in [1.807, 2.05) is 0 Å². The number of hydrogen-bond acceptors (Lipinski definition) is 2. The largest absolute Gasteiger partial charge is 0.481 e. The molecule has 1 aromatic rings. The van der Waals surface area contributed by atoms with Crippen molar-refractivity contribution in [2.45, 2.75) is 25.6 Å². The molecule has 2 N–H and O–H groups in total. The quantitative estimate of drug-likeness (QED) is 0.826. The van der Waals surface area contributed by atoms with Crippen molar-refractivity contribution in [2.24, 2.45) is 5.92 Å². The predicted molar refractivity (Wildman–Crippen MR) is 67.2 cm³/mol. The van der Waals surface area contributed by atoms with Crippen molar-refractivity contribution in [1.82, 2.24) is 0 Å². The summed E-state index contributed by atoms with van der Waals surface area (Å²) >= 11 is 3.21. The third kappa shape index (κ3) is 2.70. The first-order chi connectivity index (χ1) is 8.70. The van der Waals surface area contributed by atoms with E-state index in [-0.39, 0.29) is 6.42 Å². The number of hydrogen-bond donors (Lipinski definition) is 2. The third-order valence-corrected chi connectivity index (χ3v) is 3.75. The molecule has 19 heavy (non-hydrogen) atoms. The molecule has 1 aromatic carbocycles. The molecule has 0 saturated carbocycles. The highest BCUT2D eigenvalue weighted by Gasteiger charge is 2.50. The number of carboxylic acid groups (broad SMARTS) is 1. The summed E-state index contributed by atoms with van der Waals surface area (Å²) in [7, 11) is 0. The van der Waals surface area contributed by atoms with Gasteiger partial charge in [0.2, 0.25) is 0 Å². The fourth-order valence-corrected chi connectivity index (χ4v) is 3.02. The highest BCUT2D eigenvalue weighted by Crippen LogP contribution is 2.40. The van der Waals surface area contributed by atoms with Crippen LogP contribution in [0.2, 0.25) is 0 Å². The van der Waals surface area contributed by atoms with Gasteiger partial charge in [0.1, 0.15) is 6.04 Å². The number of alkyl halides is 3. The lowest BCUT2D eigenvalue weighted by atomic mass is 9.86. The number of fused-ring (bicyclic) bond motifs is 1. The van der Waals surface area contributed by atoms with Gasteiger partial charge < -0.3 is 10.4 Å². The lowest BCUT2D eigenvalue weighted by Gasteiger charge is -2.34. The molecule has 0 aromatic heterocycles. The van der Waals surface area contributed by atoms with Crippen molar-refractivity contribution in [3.63, 3.8) is 0 Å². The van der Waals surface area contributed by atoms with Crippen LogP contribution in [0, 0.1) is 12.8 Å². The number of rotatable bonds is 1. The lowest BCUT2D eigenvalue weighted by Crippen LogP contribution is -2.49.